The molecule has 82 valence electrons. The quantitative estimate of drug-likeness (QED) is 0.800. The summed E-state index contributed by atoms with van der Waals surface area (Å²) in [5.41, 5.74) is 1.13. The van der Waals surface area contributed by atoms with Gasteiger partial charge in [0.05, 0.1) is 11.9 Å². The fourth-order valence-corrected chi connectivity index (χ4v) is 1.55. The standard InChI is InChI=1S/C11H10N2O3/c1-13-8(6-12-10(13)11(15)16)7-4-2-3-5-9(7)14/h2-6,14H,1H3,(H,15,16). The Kier molecular flexibility index (Phi) is 2.36. The van der Waals surface area contributed by atoms with Gasteiger partial charge in [-0.05, 0) is 12.1 Å². The van der Waals surface area contributed by atoms with E-state index in [1.807, 2.05) is 0 Å². The van der Waals surface area contributed by atoms with E-state index in [9.17, 15) is 9.90 Å². The molecular weight excluding hydrogens is 208 g/mol. The molecule has 0 aliphatic heterocycles. The Bertz CT molecular complexity index is 546. The lowest BCUT2D eigenvalue weighted by atomic mass is 10.1. The maximum atomic E-state index is 10.8. The molecule has 0 unspecified atom stereocenters. The zero-order valence-corrected chi connectivity index (χ0v) is 8.58. The van der Waals surface area contributed by atoms with Crippen LogP contribution in [-0.4, -0.2) is 25.7 Å². The van der Waals surface area contributed by atoms with Crippen molar-refractivity contribution < 1.29 is 15.0 Å². The van der Waals surface area contributed by atoms with Gasteiger partial charge < -0.3 is 14.8 Å². The molecular formula is C11H10N2O3. The second-order valence-electron chi connectivity index (χ2n) is 3.35. The Morgan fingerprint density at radius 3 is 2.62 bits per heavy atom. The van der Waals surface area contributed by atoms with E-state index in [0.717, 1.165) is 0 Å². The van der Waals surface area contributed by atoms with Crippen LogP contribution in [0, 0.1) is 0 Å². The third-order valence-corrected chi connectivity index (χ3v) is 2.36. The molecule has 0 spiro atoms. The van der Waals surface area contributed by atoms with Gasteiger partial charge in [0.1, 0.15) is 5.75 Å². The highest BCUT2D eigenvalue weighted by molar-refractivity contribution is 5.85. The van der Waals surface area contributed by atoms with Crippen molar-refractivity contribution in [1.82, 2.24) is 9.55 Å². The van der Waals surface area contributed by atoms with Gasteiger partial charge in [0.25, 0.3) is 0 Å². The Hall–Kier alpha value is -2.30. The average Bonchev–Trinajstić information content (AvgIpc) is 2.61. The molecule has 0 radical (unpaired) electrons. The molecule has 5 heteroatoms. The smallest absolute Gasteiger partial charge is 0.372 e. The minimum Gasteiger partial charge on any atom is -0.507 e. The number of phenols is 1. The van der Waals surface area contributed by atoms with Crippen LogP contribution in [0.1, 0.15) is 10.6 Å². The largest absolute Gasteiger partial charge is 0.507 e. The number of aromatic nitrogens is 2. The molecule has 0 bridgehead atoms. The van der Waals surface area contributed by atoms with Crippen molar-refractivity contribution in [2.75, 3.05) is 0 Å². The number of rotatable bonds is 2. The van der Waals surface area contributed by atoms with Crippen molar-refractivity contribution >= 4 is 5.97 Å². The fraction of sp³-hybridized carbons (Fsp3) is 0.0909. The fourth-order valence-electron chi connectivity index (χ4n) is 1.55. The van der Waals surface area contributed by atoms with Gasteiger partial charge in [0, 0.05) is 12.6 Å². The number of nitrogens with zero attached hydrogens (tertiary/aromatic N) is 2. The zero-order valence-electron chi connectivity index (χ0n) is 8.58. The normalized spacial score (nSPS) is 10.3. The summed E-state index contributed by atoms with van der Waals surface area (Å²) in [5, 5.41) is 18.5. The molecule has 1 heterocycles. The van der Waals surface area contributed by atoms with Gasteiger partial charge in [-0.15, -0.1) is 0 Å². The van der Waals surface area contributed by atoms with Gasteiger partial charge in [0.2, 0.25) is 5.82 Å². The molecule has 2 aromatic rings. The number of benzene rings is 1. The van der Waals surface area contributed by atoms with Crippen molar-refractivity contribution in [2.24, 2.45) is 7.05 Å². The Labute approximate surface area is 91.6 Å². The van der Waals surface area contributed by atoms with Gasteiger partial charge in [-0.25, -0.2) is 9.78 Å². The van der Waals surface area contributed by atoms with Crippen LogP contribution in [0.2, 0.25) is 0 Å². The number of carboxylic acid groups (broad SMARTS) is 1. The van der Waals surface area contributed by atoms with E-state index in [4.69, 9.17) is 5.11 Å². The lowest BCUT2D eigenvalue weighted by Gasteiger charge is -2.05. The van der Waals surface area contributed by atoms with Crippen LogP contribution >= 0.6 is 0 Å². The third-order valence-electron chi connectivity index (χ3n) is 2.36. The number of phenolic OH excluding ortho intramolecular Hbond substituents is 1. The lowest BCUT2D eigenvalue weighted by Crippen LogP contribution is -2.06. The Balaban J connectivity index is 2.58. The van der Waals surface area contributed by atoms with E-state index in [2.05, 4.69) is 4.98 Å². The first-order valence-electron chi connectivity index (χ1n) is 4.64. The van der Waals surface area contributed by atoms with Crippen LogP contribution in [0.15, 0.2) is 30.5 Å². The van der Waals surface area contributed by atoms with Crippen molar-refractivity contribution in [3.63, 3.8) is 0 Å². The van der Waals surface area contributed by atoms with Gasteiger partial charge in [0.15, 0.2) is 0 Å². The maximum Gasteiger partial charge on any atom is 0.372 e. The first-order chi connectivity index (χ1) is 7.61. The summed E-state index contributed by atoms with van der Waals surface area (Å²) in [6.07, 6.45) is 1.43. The number of hydrogen-bond acceptors (Lipinski definition) is 3. The first kappa shape index (κ1) is 10.2. The number of aromatic hydroxyl groups is 1. The van der Waals surface area contributed by atoms with Crippen LogP contribution in [-0.2, 0) is 7.05 Å². The molecule has 0 aliphatic carbocycles. The van der Waals surface area contributed by atoms with E-state index in [0.29, 0.717) is 11.3 Å². The number of para-hydroxylation sites is 1. The Morgan fingerprint density at radius 1 is 1.38 bits per heavy atom. The average molecular weight is 218 g/mol. The monoisotopic (exact) mass is 218 g/mol. The Morgan fingerprint density at radius 2 is 2.06 bits per heavy atom. The van der Waals surface area contributed by atoms with E-state index in [-0.39, 0.29) is 11.6 Å². The van der Waals surface area contributed by atoms with Crippen molar-refractivity contribution in [3.8, 4) is 17.0 Å². The summed E-state index contributed by atoms with van der Waals surface area (Å²) in [5.74, 6) is -1.05. The zero-order chi connectivity index (χ0) is 11.7. The number of aromatic carboxylic acids is 1. The summed E-state index contributed by atoms with van der Waals surface area (Å²) in [4.78, 5) is 14.6. The molecule has 0 saturated heterocycles. The summed E-state index contributed by atoms with van der Waals surface area (Å²) < 4.78 is 1.43. The number of hydrogen-bond donors (Lipinski definition) is 2. The van der Waals surface area contributed by atoms with E-state index < -0.39 is 5.97 Å². The number of carbonyl (C=O) groups is 1. The molecule has 1 aromatic heterocycles. The molecule has 0 atom stereocenters. The van der Waals surface area contributed by atoms with Crippen molar-refractivity contribution in [2.45, 2.75) is 0 Å². The lowest BCUT2D eigenvalue weighted by molar-refractivity contribution is 0.0680. The van der Waals surface area contributed by atoms with Crippen LogP contribution in [0.5, 0.6) is 5.75 Å². The molecule has 2 rings (SSSR count). The second-order valence-corrected chi connectivity index (χ2v) is 3.35. The third kappa shape index (κ3) is 1.52. The van der Waals surface area contributed by atoms with E-state index >= 15 is 0 Å². The highest BCUT2D eigenvalue weighted by Crippen LogP contribution is 2.28. The molecule has 5 nitrogen and oxygen atoms in total. The van der Waals surface area contributed by atoms with Gasteiger partial charge in [-0.2, -0.15) is 0 Å². The highest BCUT2D eigenvalue weighted by atomic mass is 16.4. The topological polar surface area (TPSA) is 75.3 Å². The predicted octanol–water partition coefficient (Wildman–Crippen LogP) is 1.49. The van der Waals surface area contributed by atoms with Gasteiger partial charge in [-0.3, -0.25) is 0 Å². The predicted molar refractivity (Wildman–Crippen MR) is 57.3 cm³/mol. The van der Waals surface area contributed by atoms with Crippen LogP contribution in [0.25, 0.3) is 11.3 Å². The van der Waals surface area contributed by atoms with E-state index in [1.165, 1.54) is 10.8 Å². The molecule has 0 aliphatic rings. The summed E-state index contributed by atoms with van der Waals surface area (Å²) in [6.45, 7) is 0. The molecule has 1 aromatic carbocycles. The minimum atomic E-state index is -1.09. The van der Waals surface area contributed by atoms with Crippen LogP contribution < -0.4 is 0 Å². The number of carboxylic acids is 1. The summed E-state index contributed by atoms with van der Waals surface area (Å²) in [7, 11) is 1.60. The van der Waals surface area contributed by atoms with Gasteiger partial charge in [-0.1, -0.05) is 12.1 Å². The SMILES string of the molecule is Cn1c(-c2ccccc2O)cnc1C(=O)O. The van der Waals surface area contributed by atoms with Crippen molar-refractivity contribution in [1.29, 1.82) is 0 Å². The number of imidazole rings is 1. The summed E-state index contributed by atoms with van der Waals surface area (Å²) in [6, 6.07) is 6.72. The molecule has 0 saturated carbocycles. The highest BCUT2D eigenvalue weighted by Gasteiger charge is 2.15. The van der Waals surface area contributed by atoms with Crippen LogP contribution in [0.4, 0.5) is 0 Å². The molecule has 0 fully saturated rings. The van der Waals surface area contributed by atoms with Crippen LogP contribution in [0.3, 0.4) is 0 Å². The van der Waals surface area contributed by atoms with Crippen molar-refractivity contribution in [3.05, 3.63) is 36.3 Å². The molecule has 0 amide bonds. The molecule has 16 heavy (non-hydrogen) atoms. The second kappa shape index (κ2) is 3.69. The first-order valence-corrected chi connectivity index (χ1v) is 4.64. The maximum absolute atomic E-state index is 10.8. The minimum absolute atomic E-state index is 0.0572. The summed E-state index contributed by atoms with van der Waals surface area (Å²) >= 11 is 0. The van der Waals surface area contributed by atoms with Gasteiger partial charge >= 0.3 is 5.97 Å². The van der Waals surface area contributed by atoms with E-state index in [1.54, 1.807) is 31.3 Å². The molecule has 2 N–H and O–H groups in total.